The van der Waals surface area contributed by atoms with E-state index in [9.17, 15) is 4.79 Å². The van der Waals surface area contributed by atoms with E-state index in [1.165, 1.54) is 5.56 Å². The molecule has 0 saturated heterocycles. The fourth-order valence-corrected chi connectivity index (χ4v) is 3.33. The molecule has 0 bridgehead atoms. The summed E-state index contributed by atoms with van der Waals surface area (Å²) in [5.74, 6) is 1.80. The molecule has 122 valence electrons. The molecule has 4 rings (SSSR count). The molecule has 1 N–H and O–H groups in total. The van der Waals surface area contributed by atoms with Crippen molar-refractivity contribution in [2.75, 3.05) is 6.54 Å². The topological polar surface area (TPSA) is 46.4 Å². The Morgan fingerprint density at radius 1 is 1.17 bits per heavy atom. The predicted octanol–water partition coefficient (Wildman–Crippen LogP) is 3.19. The molecule has 1 aliphatic rings. The summed E-state index contributed by atoms with van der Waals surface area (Å²) in [4.78, 5) is 16.7. The van der Waals surface area contributed by atoms with Crippen LogP contribution in [0.15, 0.2) is 60.9 Å². The number of amides is 1. The van der Waals surface area contributed by atoms with Crippen LogP contribution in [0, 0.1) is 5.92 Å². The highest BCUT2D eigenvalue weighted by Crippen LogP contribution is 2.47. The highest BCUT2D eigenvalue weighted by molar-refractivity contribution is 5.82. The predicted molar refractivity (Wildman–Crippen MR) is 93.8 cm³/mol. The van der Waals surface area contributed by atoms with Gasteiger partial charge in [0.15, 0.2) is 0 Å². The Kier molecular flexibility index (Phi) is 4.03. The van der Waals surface area contributed by atoms with Gasteiger partial charge in [-0.15, -0.1) is 0 Å². The van der Waals surface area contributed by atoms with E-state index in [0.717, 1.165) is 30.6 Å². The Bertz CT molecular complexity index is 840. The van der Waals surface area contributed by atoms with E-state index in [-0.39, 0.29) is 11.8 Å². The SMILES string of the molecule is O=C(NCCCc1ncc2ccccn12)C1CC1c1ccccc1. The number of nitrogens with zero attached hydrogens (tertiary/aromatic N) is 2. The number of rotatable bonds is 6. The Labute approximate surface area is 141 Å². The van der Waals surface area contributed by atoms with Crippen molar-refractivity contribution in [3.8, 4) is 0 Å². The number of fused-ring (bicyclic) bond motifs is 1. The molecular weight excluding hydrogens is 298 g/mol. The van der Waals surface area contributed by atoms with Crippen LogP contribution in [0.1, 0.15) is 30.1 Å². The second kappa shape index (κ2) is 6.48. The minimum atomic E-state index is 0.152. The summed E-state index contributed by atoms with van der Waals surface area (Å²) in [5, 5.41) is 3.08. The maximum absolute atomic E-state index is 12.2. The molecule has 4 nitrogen and oxygen atoms in total. The lowest BCUT2D eigenvalue weighted by Gasteiger charge is -2.05. The Balaban J connectivity index is 1.24. The van der Waals surface area contributed by atoms with Crippen LogP contribution >= 0.6 is 0 Å². The molecule has 3 aromatic rings. The van der Waals surface area contributed by atoms with Crippen LogP contribution in [-0.2, 0) is 11.2 Å². The zero-order chi connectivity index (χ0) is 16.4. The maximum atomic E-state index is 12.2. The Morgan fingerprint density at radius 2 is 2.00 bits per heavy atom. The van der Waals surface area contributed by atoms with Gasteiger partial charge in [0, 0.05) is 25.1 Å². The van der Waals surface area contributed by atoms with E-state index in [4.69, 9.17) is 0 Å². The first-order valence-electron chi connectivity index (χ1n) is 8.56. The van der Waals surface area contributed by atoms with E-state index < -0.39 is 0 Å². The highest BCUT2D eigenvalue weighted by atomic mass is 16.2. The second-order valence-electron chi connectivity index (χ2n) is 6.42. The third-order valence-electron chi connectivity index (χ3n) is 4.75. The number of nitrogens with one attached hydrogen (secondary N) is 1. The fraction of sp³-hybridized carbons (Fsp3) is 0.300. The van der Waals surface area contributed by atoms with Crippen molar-refractivity contribution >= 4 is 11.4 Å². The third kappa shape index (κ3) is 3.04. The monoisotopic (exact) mass is 319 g/mol. The summed E-state index contributed by atoms with van der Waals surface area (Å²) >= 11 is 0. The molecule has 1 aliphatic carbocycles. The van der Waals surface area contributed by atoms with E-state index in [1.54, 1.807) is 0 Å². The largest absolute Gasteiger partial charge is 0.356 e. The van der Waals surface area contributed by atoms with Gasteiger partial charge in [0.2, 0.25) is 5.91 Å². The van der Waals surface area contributed by atoms with Crippen molar-refractivity contribution in [2.45, 2.75) is 25.2 Å². The quantitative estimate of drug-likeness (QED) is 0.709. The lowest BCUT2D eigenvalue weighted by molar-refractivity contribution is -0.122. The number of imidazole rings is 1. The highest BCUT2D eigenvalue weighted by Gasteiger charge is 2.43. The minimum absolute atomic E-state index is 0.152. The molecule has 2 heterocycles. The number of aromatic nitrogens is 2. The summed E-state index contributed by atoms with van der Waals surface area (Å²) in [6, 6.07) is 16.4. The van der Waals surface area contributed by atoms with Gasteiger partial charge in [0.05, 0.1) is 11.7 Å². The molecule has 2 aromatic heterocycles. The maximum Gasteiger partial charge on any atom is 0.223 e. The Hall–Kier alpha value is -2.62. The molecule has 1 saturated carbocycles. The third-order valence-corrected chi connectivity index (χ3v) is 4.75. The van der Waals surface area contributed by atoms with Gasteiger partial charge in [-0.2, -0.15) is 0 Å². The smallest absolute Gasteiger partial charge is 0.223 e. The molecular formula is C20H21N3O. The lowest BCUT2D eigenvalue weighted by atomic mass is 10.1. The molecule has 0 radical (unpaired) electrons. The normalized spacial score (nSPS) is 19.3. The first-order valence-corrected chi connectivity index (χ1v) is 8.56. The van der Waals surface area contributed by atoms with Gasteiger partial charge in [-0.3, -0.25) is 4.79 Å². The van der Waals surface area contributed by atoms with Gasteiger partial charge in [-0.25, -0.2) is 4.98 Å². The van der Waals surface area contributed by atoms with Crippen LogP contribution in [0.5, 0.6) is 0 Å². The van der Waals surface area contributed by atoms with Crippen LogP contribution in [-0.4, -0.2) is 21.8 Å². The molecule has 2 unspecified atom stereocenters. The summed E-state index contributed by atoms with van der Waals surface area (Å²) < 4.78 is 2.11. The van der Waals surface area contributed by atoms with Gasteiger partial charge in [-0.05, 0) is 36.5 Å². The number of pyridine rings is 1. The van der Waals surface area contributed by atoms with Crippen LogP contribution in [0.2, 0.25) is 0 Å². The first kappa shape index (κ1) is 14.9. The molecule has 1 fully saturated rings. The summed E-state index contributed by atoms with van der Waals surface area (Å²) in [5.41, 5.74) is 2.39. The molecule has 0 aliphatic heterocycles. The second-order valence-corrected chi connectivity index (χ2v) is 6.42. The average Bonchev–Trinajstić information content (AvgIpc) is 3.34. The molecule has 0 spiro atoms. The van der Waals surface area contributed by atoms with Crippen LogP contribution in [0.3, 0.4) is 0 Å². The van der Waals surface area contributed by atoms with Crippen LogP contribution in [0.4, 0.5) is 0 Å². The Morgan fingerprint density at radius 3 is 2.88 bits per heavy atom. The van der Waals surface area contributed by atoms with Gasteiger partial charge in [0.25, 0.3) is 0 Å². The molecule has 2 atom stereocenters. The van der Waals surface area contributed by atoms with E-state index in [1.807, 2.05) is 42.7 Å². The van der Waals surface area contributed by atoms with E-state index in [2.05, 4.69) is 32.9 Å². The fourth-order valence-electron chi connectivity index (χ4n) is 3.33. The average molecular weight is 319 g/mol. The number of carbonyl (C=O) groups excluding carboxylic acids is 1. The minimum Gasteiger partial charge on any atom is -0.356 e. The van der Waals surface area contributed by atoms with Crippen molar-refractivity contribution in [2.24, 2.45) is 5.92 Å². The van der Waals surface area contributed by atoms with Crippen molar-refractivity contribution in [1.29, 1.82) is 0 Å². The summed E-state index contributed by atoms with van der Waals surface area (Å²) in [6.07, 6.45) is 6.67. The number of hydrogen-bond donors (Lipinski definition) is 1. The van der Waals surface area contributed by atoms with Gasteiger partial charge < -0.3 is 9.72 Å². The number of benzene rings is 1. The number of aryl methyl sites for hydroxylation is 1. The van der Waals surface area contributed by atoms with Crippen molar-refractivity contribution in [3.63, 3.8) is 0 Å². The van der Waals surface area contributed by atoms with Gasteiger partial charge >= 0.3 is 0 Å². The summed E-state index contributed by atoms with van der Waals surface area (Å²) in [6.45, 7) is 0.707. The van der Waals surface area contributed by atoms with Gasteiger partial charge in [0.1, 0.15) is 5.82 Å². The lowest BCUT2D eigenvalue weighted by Crippen LogP contribution is -2.26. The molecule has 24 heavy (non-hydrogen) atoms. The van der Waals surface area contributed by atoms with E-state index >= 15 is 0 Å². The van der Waals surface area contributed by atoms with E-state index in [0.29, 0.717) is 12.5 Å². The van der Waals surface area contributed by atoms with Crippen molar-refractivity contribution in [3.05, 3.63) is 72.3 Å². The molecule has 1 aromatic carbocycles. The zero-order valence-corrected chi connectivity index (χ0v) is 13.6. The van der Waals surface area contributed by atoms with Crippen LogP contribution in [0.25, 0.3) is 5.52 Å². The zero-order valence-electron chi connectivity index (χ0n) is 13.6. The van der Waals surface area contributed by atoms with Crippen LogP contribution < -0.4 is 5.32 Å². The standard InChI is InChI=1S/C20H21N3O/c24-20(18-13-17(18)15-7-2-1-3-8-15)21-11-6-10-19-22-14-16-9-4-5-12-23(16)19/h1-5,7-9,12,14,17-18H,6,10-11,13H2,(H,21,24). The van der Waals surface area contributed by atoms with Crippen molar-refractivity contribution < 1.29 is 4.79 Å². The molecule has 1 amide bonds. The first-order chi connectivity index (χ1) is 11.8. The van der Waals surface area contributed by atoms with Crippen molar-refractivity contribution in [1.82, 2.24) is 14.7 Å². The number of carbonyl (C=O) groups is 1. The molecule has 4 heteroatoms. The summed E-state index contributed by atoms with van der Waals surface area (Å²) in [7, 11) is 0. The number of hydrogen-bond acceptors (Lipinski definition) is 2. The van der Waals surface area contributed by atoms with Gasteiger partial charge in [-0.1, -0.05) is 36.4 Å².